The molecule has 1 saturated carbocycles. The van der Waals surface area contributed by atoms with Crippen LogP contribution in [0.1, 0.15) is 48.8 Å². The molecule has 39 heavy (non-hydrogen) atoms. The number of rotatable bonds is 8. The van der Waals surface area contributed by atoms with E-state index in [2.05, 4.69) is 6.07 Å². The zero-order valence-corrected chi connectivity index (χ0v) is 22.9. The summed E-state index contributed by atoms with van der Waals surface area (Å²) in [6.45, 7) is 0.355. The molecule has 0 spiro atoms. The molecule has 0 aromatic heterocycles. The molecule has 0 radical (unpaired) electrons. The van der Waals surface area contributed by atoms with Crippen molar-refractivity contribution in [1.29, 1.82) is 5.26 Å². The largest absolute Gasteiger partial charge is 0.466 e. The standard InChI is InChI=1S/C33H35N3O3/c1-35(2)29-16-14-26(15-17-29)31-18-12-25(20-28(31)22-34)23-36(33(38)27-9-5-4-6-10-27)30-11-7-8-24(21-30)13-19-32(37)39-3/h7-8,11-21,27H,4-6,9-10,23H2,1-3H3/b19-13+. The van der Waals surface area contributed by atoms with Gasteiger partial charge >= 0.3 is 5.97 Å². The van der Waals surface area contributed by atoms with E-state index in [1.165, 1.54) is 19.6 Å². The predicted octanol–water partition coefficient (Wildman–Crippen LogP) is 6.59. The maximum atomic E-state index is 13.8. The Kier molecular flexibility index (Phi) is 9.17. The Bertz CT molecular complexity index is 1380. The van der Waals surface area contributed by atoms with Crippen molar-refractivity contribution >= 4 is 29.3 Å². The molecule has 1 aliphatic carbocycles. The van der Waals surface area contributed by atoms with Gasteiger partial charge in [-0.1, -0.05) is 55.7 Å². The fourth-order valence-corrected chi connectivity index (χ4v) is 5.05. The Morgan fingerprint density at radius 3 is 2.38 bits per heavy atom. The fraction of sp³-hybridized carbons (Fsp3) is 0.303. The van der Waals surface area contributed by atoms with Gasteiger partial charge in [-0.3, -0.25) is 4.79 Å². The molecule has 0 heterocycles. The number of methoxy groups -OCH3 is 1. The predicted molar refractivity (Wildman–Crippen MR) is 156 cm³/mol. The average Bonchev–Trinajstić information content (AvgIpc) is 2.98. The normalized spacial score (nSPS) is 13.6. The average molecular weight is 522 g/mol. The topological polar surface area (TPSA) is 73.6 Å². The van der Waals surface area contributed by atoms with Gasteiger partial charge in [-0.15, -0.1) is 0 Å². The van der Waals surface area contributed by atoms with E-state index in [9.17, 15) is 14.9 Å². The van der Waals surface area contributed by atoms with Gasteiger partial charge in [0, 0.05) is 37.5 Å². The highest BCUT2D eigenvalue weighted by atomic mass is 16.5. The van der Waals surface area contributed by atoms with Crippen LogP contribution in [0.4, 0.5) is 11.4 Å². The van der Waals surface area contributed by atoms with Crippen molar-refractivity contribution in [2.75, 3.05) is 31.0 Å². The van der Waals surface area contributed by atoms with Crippen molar-refractivity contribution in [2.45, 2.75) is 38.6 Å². The first-order valence-corrected chi connectivity index (χ1v) is 13.4. The van der Waals surface area contributed by atoms with Crippen molar-refractivity contribution in [3.63, 3.8) is 0 Å². The minimum atomic E-state index is -0.434. The molecule has 0 atom stereocenters. The van der Waals surface area contributed by atoms with Crippen LogP contribution in [0, 0.1) is 17.2 Å². The van der Waals surface area contributed by atoms with Gasteiger partial charge in [0.2, 0.25) is 5.91 Å². The number of benzene rings is 3. The lowest BCUT2D eigenvalue weighted by Crippen LogP contribution is -2.36. The third-order valence-electron chi connectivity index (χ3n) is 7.26. The molecule has 1 aliphatic rings. The monoisotopic (exact) mass is 521 g/mol. The van der Waals surface area contributed by atoms with Crippen molar-refractivity contribution in [2.24, 2.45) is 5.92 Å². The van der Waals surface area contributed by atoms with E-state index in [1.807, 2.05) is 90.6 Å². The quantitative estimate of drug-likeness (QED) is 0.247. The molecule has 0 bridgehead atoms. The Labute approximate surface area is 231 Å². The minimum Gasteiger partial charge on any atom is -0.466 e. The second-order valence-corrected chi connectivity index (χ2v) is 10.1. The number of hydrogen-bond acceptors (Lipinski definition) is 5. The molecular weight excluding hydrogens is 486 g/mol. The number of amides is 1. The van der Waals surface area contributed by atoms with E-state index in [0.717, 1.165) is 59.3 Å². The highest BCUT2D eigenvalue weighted by molar-refractivity contribution is 5.95. The highest BCUT2D eigenvalue weighted by Crippen LogP contribution is 2.31. The van der Waals surface area contributed by atoms with E-state index in [4.69, 9.17) is 4.74 Å². The van der Waals surface area contributed by atoms with Crippen molar-refractivity contribution < 1.29 is 14.3 Å². The second kappa shape index (κ2) is 12.9. The van der Waals surface area contributed by atoms with E-state index >= 15 is 0 Å². The Morgan fingerprint density at radius 1 is 0.974 bits per heavy atom. The lowest BCUT2D eigenvalue weighted by atomic mass is 9.88. The van der Waals surface area contributed by atoms with Crippen LogP contribution in [0.2, 0.25) is 0 Å². The third kappa shape index (κ3) is 6.94. The van der Waals surface area contributed by atoms with Gasteiger partial charge in [-0.2, -0.15) is 5.26 Å². The molecule has 6 heteroatoms. The Hall–Kier alpha value is -4.37. The number of ether oxygens (including phenoxy) is 1. The minimum absolute atomic E-state index is 0.0158. The van der Waals surface area contributed by atoms with Crippen LogP contribution in [0.3, 0.4) is 0 Å². The van der Waals surface area contributed by atoms with Gasteiger partial charge in [0.25, 0.3) is 0 Å². The lowest BCUT2D eigenvalue weighted by molar-refractivity contribution is -0.134. The number of nitriles is 1. The van der Waals surface area contributed by atoms with Gasteiger partial charge < -0.3 is 14.5 Å². The van der Waals surface area contributed by atoms with E-state index in [0.29, 0.717) is 12.1 Å². The summed E-state index contributed by atoms with van der Waals surface area (Å²) in [6.07, 6.45) is 8.13. The van der Waals surface area contributed by atoms with Crippen LogP contribution in [0.15, 0.2) is 72.8 Å². The summed E-state index contributed by atoms with van der Waals surface area (Å²) >= 11 is 0. The van der Waals surface area contributed by atoms with Gasteiger partial charge in [-0.05, 0) is 71.5 Å². The summed E-state index contributed by atoms with van der Waals surface area (Å²) in [7, 11) is 5.33. The van der Waals surface area contributed by atoms with Crippen molar-refractivity contribution in [3.05, 3.63) is 89.5 Å². The summed E-state index contributed by atoms with van der Waals surface area (Å²) in [6, 6.07) is 23.9. The first-order chi connectivity index (χ1) is 18.9. The second-order valence-electron chi connectivity index (χ2n) is 10.1. The van der Waals surface area contributed by atoms with Crippen LogP contribution >= 0.6 is 0 Å². The fourth-order valence-electron chi connectivity index (χ4n) is 5.05. The molecule has 3 aromatic rings. The summed E-state index contributed by atoms with van der Waals surface area (Å²) in [5.41, 5.74) is 5.96. The zero-order valence-electron chi connectivity index (χ0n) is 22.9. The smallest absolute Gasteiger partial charge is 0.330 e. The maximum absolute atomic E-state index is 13.8. The van der Waals surface area contributed by atoms with Gasteiger partial charge in [0.1, 0.15) is 0 Å². The molecule has 3 aromatic carbocycles. The summed E-state index contributed by atoms with van der Waals surface area (Å²) in [5.74, 6) is -0.348. The third-order valence-corrected chi connectivity index (χ3v) is 7.26. The van der Waals surface area contributed by atoms with Crippen molar-refractivity contribution in [3.8, 4) is 17.2 Å². The van der Waals surface area contributed by atoms with Crippen LogP contribution < -0.4 is 9.80 Å². The highest BCUT2D eigenvalue weighted by Gasteiger charge is 2.27. The Balaban J connectivity index is 1.66. The molecule has 0 saturated heterocycles. The van der Waals surface area contributed by atoms with Crippen molar-refractivity contribution in [1.82, 2.24) is 0 Å². The van der Waals surface area contributed by atoms with Gasteiger partial charge in [-0.25, -0.2) is 4.79 Å². The van der Waals surface area contributed by atoms with Gasteiger partial charge in [0.05, 0.1) is 25.3 Å². The number of carbonyl (C=O) groups is 2. The summed E-state index contributed by atoms with van der Waals surface area (Å²) < 4.78 is 4.71. The number of anilines is 2. The van der Waals surface area contributed by atoms with Crippen LogP contribution in [0.25, 0.3) is 17.2 Å². The molecule has 6 nitrogen and oxygen atoms in total. The lowest BCUT2D eigenvalue weighted by Gasteiger charge is -2.30. The first kappa shape index (κ1) is 27.7. The van der Waals surface area contributed by atoms with Crippen LogP contribution in [-0.4, -0.2) is 33.1 Å². The maximum Gasteiger partial charge on any atom is 0.330 e. The molecule has 0 N–H and O–H groups in total. The van der Waals surface area contributed by atoms with Gasteiger partial charge in [0.15, 0.2) is 0 Å². The number of hydrogen-bond donors (Lipinski definition) is 0. The molecule has 1 amide bonds. The number of esters is 1. The van der Waals surface area contributed by atoms with E-state index in [-0.39, 0.29) is 11.8 Å². The van der Waals surface area contributed by atoms with Crippen LogP contribution in [-0.2, 0) is 20.9 Å². The molecule has 4 rings (SSSR count). The Morgan fingerprint density at radius 2 is 1.72 bits per heavy atom. The van der Waals surface area contributed by atoms with E-state index < -0.39 is 5.97 Å². The summed E-state index contributed by atoms with van der Waals surface area (Å²) in [4.78, 5) is 29.3. The molecule has 200 valence electrons. The number of carbonyl (C=O) groups excluding carboxylic acids is 2. The SMILES string of the molecule is COC(=O)/C=C/c1cccc(N(Cc2ccc(-c3ccc(N(C)C)cc3)c(C#N)c2)C(=O)C2CCCCC2)c1. The molecule has 0 unspecified atom stereocenters. The summed E-state index contributed by atoms with van der Waals surface area (Å²) in [5, 5.41) is 9.99. The first-order valence-electron chi connectivity index (χ1n) is 13.4. The van der Waals surface area contributed by atoms with Crippen LogP contribution in [0.5, 0.6) is 0 Å². The molecule has 1 fully saturated rings. The number of nitrogens with zero attached hydrogens (tertiary/aromatic N) is 3. The molecular formula is C33H35N3O3. The van der Waals surface area contributed by atoms with E-state index in [1.54, 1.807) is 6.08 Å². The molecule has 0 aliphatic heterocycles. The zero-order chi connectivity index (χ0) is 27.8.